The molecule has 2 aliphatic heterocycles. The van der Waals surface area contributed by atoms with Crippen molar-refractivity contribution in [1.82, 2.24) is 0 Å². The number of aliphatic hydroxyl groups is 3. The maximum Gasteiger partial charge on any atom is 0.309 e. The van der Waals surface area contributed by atoms with Gasteiger partial charge in [-0.2, -0.15) is 0 Å². The normalized spacial score (nSPS) is 36.4. The van der Waals surface area contributed by atoms with Crippen molar-refractivity contribution >= 4 is 11.9 Å². The number of ether oxygens (including phenoxy) is 3. The summed E-state index contributed by atoms with van der Waals surface area (Å²) < 4.78 is 17.0. The van der Waals surface area contributed by atoms with E-state index in [1.807, 2.05) is 45.9 Å². The molecule has 11 atom stereocenters. The lowest BCUT2D eigenvalue weighted by molar-refractivity contribution is -0.151. The van der Waals surface area contributed by atoms with Crippen LogP contribution >= 0.6 is 0 Å². The molecule has 0 aromatic heterocycles. The molecular weight excluding hydrogens is 488 g/mol. The van der Waals surface area contributed by atoms with Crippen molar-refractivity contribution in [3.63, 3.8) is 0 Å². The lowest BCUT2D eigenvalue weighted by Crippen LogP contribution is -2.36. The Balaban J connectivity index is 2.11. The Labute approximate surface area is 227 Å². The Kier molecular flexibility index (Phi) is 12.7. The van der Waals surface area contributed by atoms with Crippen LogP contribution in [-0.2, 0) is 23.8 Å². The number of allylic oxidation sites excluding steroid dienone is 3. The van der Waals surface area contributed by atoms with E-state index in [2.05, 4.69) is 13.0 Å². The fourth-order valence-corrected chi connectivity index (χ4v) is 5.03. The van der Waals surface area contributed by atoms with Crippen molar-refractivity contribution in [2.45, 2.75) is 117 Å². The zero-order chi connectivity index (χ0) is 28.6. The number of hydrogen-bond acceptors (Lipinski definition) is 8. The SMILES string of the molecule is CCC(O)C(C)C1OC1CC(C)/C=C/C=C(\C)C1OC(=O)CC(O)CC(O)C(C)C(OC(C)=O)/C=C/C1C. The molecule has 216 valence electrons. The molecular formula is C30H48O8. The molecule has 38 heavy (non-hydrogen) atoms. The minimum absolute atomic E-state index is 0.0285. The van der Waals surface area contributed by atoms with E-state index in [1.54, 1.807) is 13.0 Å². The number of esters is 2. The van der Waals surface area contributed by atoms with Gasteiger partial charge < -0.3 is 29.5 Å². The number of cyclic esters (lactones) is 1. The zero-order valence-corrected chi connectivity index (χ0v) is 23.9. The van der Waals surface area contributed by atoms with Gasteiger partial charge in [0.2, 0.25) is 0 Å². The van der Waals surface area contributed by atoms with Crippen LogP contribution in [0.25, 0.3) is 0 Å². The summed E-state index contributed by atoms with van der Waals surface area (Å²) in [7, 11) is 0. The molecule has 1 fully saturated rings. The van der Waals surface area contributed by atoms with Crippen LogP contribution in [0.2, 0.25) is 0 Å². The van der Waals surface area contributed by atoms with Crippen LogP contribution in [-0.4, -0.2) is 70.0 Å². The molecule has 11 unspecified atom stereocenters. The van der Waals surface area contributed by atoms with Crippen molar-refractivity contribution < 1.29 is 39.1 Å². The van der Waals surface area contributed by atoms with Crippen LogP contribution in [0.3, 0.4) is 0 Å². The third-order valence-corrected chi connectivity index (χ3v) is 7.70. The van der Waals surface area contributed by atoms with Crippen LogP contribution in [0.4, 0.5) is 0 Å². The minimum Gasteiger partial charge on any atom is -0.458 e. The molecule has 0 saturated carbocycles. The van der Waals surface area contributed by atoms with Crippen LogP contribution in [0.5, 0.6) is 0 Å². The number of hydrogen-bond donors (Lipinski definition) is 3. The Morgan fingerprint density at radius 1 is 1.21 bits per heavy atom. The number of rotatable bonds is 9. The maximum absolute atomic E-state index is 12.6. The van der Waals surface area contributed by atoms with Gasteiger partial charge in [-0.25, -0.2) is 0 Å². The molecule has 0 bridgehead atoms. The Morgan fingerprint density at radius 3 is 2.53 bits per heavy atom. The average molecular weight is 537 g/mol. The van der Waals surface area contributed by atoms with Crippen LogP contribution in [0, 0.1) is 23.7 Å². The summed E-state index contributed by atoms with van der Waals surface area (Å²) in [5.74, 6) is -1.31. The summed E-state index contributed by atoms with van der Waals surface area (Å²) in [6.45, 7) is 13.0. The molecule has 0 aromatic carbocycles. The van der Waals surface area contributed by atoms with Gasteiger partial charge in [-0.1, -0.05) is 58.9 Å². The van der Waals surface area contributed by atoms with Gasteiger partial charge in [0, 0.05) is 31.1 Å². The Bertz CT molecular complexity index is 864. The standard InChI is InChI=1S/C30H48O8/c1-8-24(33)21(6)30-27(37-30)14-17(2)10-9-11-18(3)29-19(4)12-13-26(36-22(7)31)20(5)25(34)15-23(32)16-28(35)38-29/h9-13,17,19-21,23-27,29-30,32-34H,8,14-16H2,1-7H3/b10-9+,13-12+,18-11+. The zero-order valence-electron chi connectivity index (χ0n) is 23.9. The Morgan fingerprint density at radius 2 is 1.89 bits per heavy atom. The highest BCUT2D eigenvalue weighted by Crippen LogP contribution is 2.36. The Hall–Kier alpha value is -2.00. The first kappa shape index (κ1) is 32.2. The number of carbonyl (C=O) groups excluding carboxylic acids is 2. The summed E-state index contributed by atoms with van der Waals surface area (Å²) >= 11 is 0. The highest BCUT2D eigenvalue weighted by molar-refractivity contribution is 5.70. The molecule has 2 heterocycles. The summed E-state index contributed by atoms with van der Waals surface area (Å²) in [6, 6.07) is 0. The summed E-state index contributed by atoms with van der Waals surface area (Å²) in [5, 5.41) is 30.9. The maximum atomic E-state index is 12.6. The topological polar surface area (TPSA) is 126 Å². The second kappa shape index (κ2) is 15.0. The van der Waals surface area contributed by atoms with Gasteiger partial charge in [-0.15, -0.1) is 0 Å². The van der Waals surface area contributed by atoms with Gasteiger partial charge in [0.1, 0.15) is 12.2 Å². The second-order valence-corrected chi connectivity index (χ2v) is 11.2. The van der Waals surface area contributed by atoms with Crippen LogP contribution in [0.15, 0.2) is 36.0 Å². The molecule has 0 amide bonds. The lowest BCUT2D eigenvalue weighted by Gasteiger charge is -2.29. The summed E-state index contributed by atoms with van der Waals surface area (Å²) in [6.07, 6.45) is 7.50. The van der Waals surface area contributed by atoms with E-state index >= 15 is 0 Å². The van der Waals surface area contributed by atoms with Gasteiger partial charge in [0.15, 0.2) is 0 Å². The highest BCUT2D eigenvalue weighted by atomic mass is 16.6. The van der Waals surface area contributed by atoms with E-state index in [0.29, 0.717) is 0 Å². The van der Waals surface area contributed by atoms with E-state index in [-0.39, 0.29) is 48.9 Å². The van der Waals surface area contributed by atoms with E-state index in [9.17, 15) is 24.9 Å². The molecule has 0 aliphatic carbocycles. The van der Waals surface area contributed by atoms with Crippen molar-refractivity contribution in [3.05, 3.63) is 36.0 Å². The van der Waals surface area contributed by atoms with Gasteiger partial charge in [-0.05, 0) is 37.3 Å². The molecule has 0 aromatic rings. The monoisotopic (exact) mass is 536 g/mol. The summed E-state index contributed by atoms with van der Waals surface area (Å²) in [4.78, 5) is 24.2. The third kappa shape index (κ3) is 9.95. The molecule has 0 radical (unpaired) electrons. The fourth-order valence-electron chi connectivity index (χ4n) is 5.03. The van der Waals surface area contributed by atoms with E-state index in [0.717, 1.165) is 18.4 Å². The first-order valence-corrected chi connectivity index (χ1v) is 13.9. The molecule has 8 heteroatoms. The van der Waals surface area contributed by atoms with Gasteiger partial charge in [0.25, 0.3) is 0 Å². The largest absolute Gasteiger partial charge is 0.458 e. The van der Waals surface area contributed by atoms with E-state index in [1.165, 1.54) is 6.92 Å². The first-order chi connectivity index (χ1) is 17.8. The van der Waals surface area contributed by atoms with Crippen molar-refractivity contribution in [3.8, 4) is 0 Å². The number of epoxide rings is 1. The van der Waals surface area contributed by atoms with Crippen LogP contribution in [0.1, 0.15) is 74.1 Å². The minimum atomic E-state index is -1.07. The van der Waals surface area contributed by atoms with Crippen molar-refractivity contribution in [1.29, 1.82) is 0 Å². The molecule has 2 aliphatic rings. The molecule has 0 spiro atoms. The first-order valence-electron chi connectivity index (χ1n) is 13.9. The van der Waals surface area contributed by atoms with Gasteiger partial charge >= 0.3 is 11.9 Å². The van der Waals surface area contributed by atoms with Crippen LogP contribution < -0.4 is 0 Å². The predicted octanol–water partition coefficient (Wildman–Crippen LogP) is 3.88. The molecule has 2 rings (SSSR count). The average Bonchev–Trinajstić information content (AvgIpc) is 3.60. The molecule has 8 nitrogen and oxygen atoms in total. The fraction of sp³-hybridized carbons (Fsp3) is 0.733. The third-order valence-electron chi connectivity index (χ3n) is 7.70. The second-order valence-electron chi connectivity index (χ2n) is 11.2. The van der Waals surface area contributed by atoms with Gasteiger partial charge in [0.05, 0.1) is 36.9 Å². The smallest absolute Gasteiger partial charge is 0.309 e. The quantitative estimate of drug-likeness (QED) is 0.175. The number of carbonyl (C=O) groups is 2. The molecule has 3 N–H and O–H groups in total. The van der Waals surface area contributed by atoms with E-state index in [4.69, 9.17) is 14.2 Å². The van der Waals surface area contributed by atoms with E-state index < -0.39 is 42.3 Å². The van der Waals surface area contributed by atoms with Gasteiger partial charge in [-0.3, -0.25) is 9.59 Å². The highest BCUT2D eigenvalue weighted by Gasteiger charge is 2.44. The number of aliphatic hydroxyl groups excluding tert-OH is 3. The molecule has 1 saturated heterocycles. The predicted molar refractivity (Wildman–Crippen MR) is 145 cm³/mol. The summed E-state index contributed by atoms with van der Waals surface area (Å²) in [5.41, 5.74) is 0.836. The van der Waals surface area contributed by atoms with Crippen molar-refractivity contribution in [2.24, 2.45) is 23.7 Å². The lowest BCUT2D eigenvalue weighted by atomic mass is 9.90. The van der Waals surface area contributed by atoms with Crippen molar-refractivity contribution in [2.75, 3.05) is 0 Å².